The summed E-state index contributed by atoms with van der Waals surface area (Å²) in [5.74, 6) is -1.57. The van der Waals surface area contributed by atoms with Crippen LogP contribution in [-0.4, -0.2) is 80.6 Å². The van der Waals surface area contributed by atoms with Gasteiger partial charge in [-0.2, -0.15) is 0 Å². The van der Waals surface area contributed by atoms with Gasteiger partial charge in [0, 0.05) is 19.3 Å². The Labute approximate surface area is 349 Å². The molecule has 328 valence electrons. The van der Waals surface area contributed by atoms with Gasteiger partial charge in [0.05, 0.1) is 34.4 Å². The first-order chi connectivity index (χ1) is 27.6. The molecular formula is C49H86NO7+. The largest absolute Gasteiger partial charge is 0.477 e. The van der Waals surface area contributed by atoms with Crippen LogP contribution in [-0.2, 0) is 28.6 Å². The Morgan fingerprint density at radius 3 is 1.53 bits per heavy atom. The number of carboxylic acid groups (broad SMARTS) is 1. The number of carboxylic acids is 1. The van der Waals surface area contributed by atoms with Crippen LogP contribution in [0.5, 0.6) is 0 Å². The summed E-state index contributed by atoms with van der Waals surface area (Å²) in [6.07, 6.45) is 48.5. The second-order valence-electron chi connectivity index (χ2n) is 16.3. The maximum absolute atomic E-state index is 12.7. The quantitative estimate of drug-likeness (QED) is 0.0217. The number of carbonyl (C=O) groups excluding carboxylic acids is 2. The van der Waals surface area contributed by atoms with E-state index in [0.29, 0.717) is 19.3 Å². The van der Waals surface area contributed by atoms with Gasteiger partial charge in [0.25, 0.3) is 0 Å². The van der Waals surface area contributed by atoms with Crippen LogP contribution < -0.4 is 0 Å². The van der Waals surface area contributed by atoms with Gasteiger partial charge in [0.1, 0.15) is 6.61 Å². The van der Waals surface area contributed by atoms with Gasteiger partial charge in [-0.1, -0.05) is 152 Å². The summed E-state index contributed by atoms with van der Waals surface area (Å²) in [4.78, 5) is 37.0. The zero-order valence-electron chi connectivity index (χ0n) is 37.3. The van der Waals surface area contributed by atoms with E-state index in [0.717, 1.165) is 51.4 Å². The van der Waals surface area contributed by atoms with Gasteiger partial charge in [-0.3, -0.25) is 9.59 Å². The summed E-state index contributed by atoms with van der Waals surface area (Å²) in [7, 11) is 5.50. The van der Waals surface area contributed by atoms with E-state index in [2.05, 4.69) is 74.6 Å². The molecule has 8 nitrogen and oxygen atoms in total. The highest BCUT2D eigenvalue weighted by molar-refractivity contribution is 5.72. The van der Waals surface area contributed by atoms with Crippen molar-refractivity contribution in [1.82, 2.24) is 0 Å². The third-order valence-corrected chi connectivity index (χ3v) is 9.92. The van der Waals surface area contributed by atoms with Gasteiger partial charge in [0.15, 0.2) is 12.1 Å². The Kier molecular flexibility index (Phi) is 37.8. The van der Waals surface area contributed by atoms with Crippen molar-refractivity contribution in [2.24, 2.45) is 0 Å². The van der Waals surface area contributed by atoms with Gasteiger partial charge < -0.3 is 23.8 Å². The van der Waals surface area contributed by atoms with Crippen molar-refractivity contribution < 1.29 is 38.2 Å². The SMILES string of the molecule is CCCCCCCC/C=C/C/C=C/C/C=C/CCCC(=O)OC(COCCC(C(=O)O)[N+](C)(C)C)COC(=O)CCCCC/C=C/C=C/CCCCCCCCC. The van der Waals surface area contributed by atoms with Crippen LogP contribution in [0, 0.1) is 0 Å². The van der Waals surface area contributed by atoms with E-state index in [1.54, 1.807) is 0 Å². The average molecular weight is 801 g/mol. The zero-order valence-corrected chi connectivity index (χ0v) is 37.3. The lowest BCUT2D eigenvalue weighted by Gasteiger charge is -2.31. The van der Waals surface area contributed by atoms with Crippen LogP contribution in [0.15, 0.2) is 60.8 Å². The van der Waals surface area contributed by atoms with Crippen LogP contribution >= 0.6 is 0 Å². The summed E-state index contributed by atoms with van der Waals surface area (Å²) >= 11 is 0. The third-order valence-electron chi connectivity index (χ3n) is 9.92. The molecule has 2 atom stereocenters. The van der Waals surface area contributed by atoms with Crippen LogP contribution in [0.3, 0.4) is 0 Å². The summed E-state index contributed by atoms with van der Waals surface area (Å²) in [6.45, 7) is 4.64. The maximum Gasteiger partial charge on any atom is 0.362 e. The molecule has 0 saturated heterocycles. The fourth-order valence-corrected chi connectivity index (χ4v) is 6.33. The number of unbranched alkanes of at least 4 members (excludes halogenated alkanes) is 17. The number of likely N-dealkylation sites (N-methyl/N-ethyl adjacent to an activating group) is 1. The van der Waals surface area contributed by atoms with Gasteiger partial charge in [-0.05, 0) is 70.6 Å². The van der Waals surface area contributed by atoms with E-state index in [1.165, 1.54) is 89.9 Å². The third kappa shape index (κ3) is 38.3. The molecule has 0 aliphatic rings. The first-order valence-corrected chi connectivity index (χ1v) is 22.8. The molecule has 0 aliphatic heterocycles. The molecule has 0 radical (unpaired) electrons. The van der Waals surface area contributed by atoms with Crippen molar-refractivity contribution in [3.63, 3.8) is 0 Å². The van der Waals surface area contributed by atoms with E-state index in [1.807, 2.05) is 21.1 Å². The monoisotopic (exact) mass is 801 g/mol. The Hall–Kier alpha value is -2.97. The normalized spacial score (nSPS) is 13.5. The van der Waals surface area contributed by atoms with Crippen LogP contribution in [0.2, 0.25) is 0 Å². The standard InChI is InChI=1S/C49H85NO7/c1-6-8-10-12-14-16-18-20-22-24-26-28-30-32-34-36-38-40-48(52)57-45(43-55-42-41-46(49(53)54)50(3,4)5)44-56-47(51)39-37-35-33-31-29-27-25-23-21-19-17-15-13-11-9-7-2/h20,22-23,25-29,32,34,45-46H,6-19,21,24,30-31,33,35-44H2,1-5H3/p+1/b22-20+,25-23+,28-26+,29-27+,34-32+. The summed E-state index contributed by atoms with van der Waals surface area (Å²) in [5.41, 5.74) is 0. The number of hydrogen-bond acceptors (Lipinski definition) is 6. The van der Waals surface area contributed by atoms with Gasteiger partial charge in [0.2, 0.25) is 0 Å². The minimum absolute atomic E-state index is 0.0306. The first kappa shape index (κ1) is 54.0. The number of nitrogens with zero attached hydrogens (tertiary/aromatic N) is 1. The molecule has 0 aromatic carbocycles. The number of allylic oxidation sites excluding steroid dienone is 10. The molecule has 0 fully saturated rings. The minimum atomic E-state index is -0.888. The number of hydrogen-bond donors (Lipinski definition) is 1. The summed E-state index contributed by atoms with van der Waals surface area (Å²) in [5, 5.41) is 9.62. The van der Waals surface area contributed by atoms with E-state index in [-0.39, 0.29) is 42.7 Å². The van der Waals surface area contributed by atoms with Crippen molar-refractivity contribution in [2.45, 2.75) is 193 Å². The highest BCUT2D eigenvalue weighted by Crippen LogP contribution is 2.12. The van der Waals surface area contributed by atoms with Gasteiger partial charge in [-0.15, -0.1) is 0 Å². The van der Waals surface area contributed by atoms with Gasteiger partial charge >= 0.3 is 17.9 Å². The molecule has 0 aromatic heterocycles. The Bertz CT molecular complexity index is 1120. The molecular weight excluding hydrogens is 715 g/mol. The van der Waals surface area contributed by atoms with Crippen molar-refractivity contribution in [3.8, 4) is 0 Å². The number of quaternary nitrogens is 1. The summed E-state index contributed by atoms with van der Waals surface area (Å²) < 4.78 is 17.2. The number of rotatable bonds is 40. The zero-order chi connectivity index (χ0) is 42.1. The molecule has 8 heteroatoms. The molecule has 0 spiro atoms. The minimum Gasteiger partial charge on any atom is -0.477 e. The van der Waals surface area contributed by atoms with Crippen molar-refractivity contribution in [3.05, 3.63) is 60.8 Å². The molecule has 0 bridgehead atoms. The number of esters is 2. The molecule has 0 saturated carbocycles. The van der Waals surface area contributed by atoms with Gasteiger partial charge in [-0.25, -0.2) is 4.79 Å². The Balaban J connectivity index is 4.47. The molecule has 0 aliphatic carbocycles. The highest BCUT2D eigenvalue weighted by atomic mass is 16.6. The van der Waals surface area contributed by atoms with Crippen molar-refractivity contribution in [1.29, 1.82) is 0 Å². The van der Waals surface area contributed by atoms with Crippen LogP contribution in [0.25, 0.3) is 0 Å². The lowest BCUT2D eigenvalue weighted by molar-refractivity contribution is -0.887. The van der Waals surface area contributed by atoms with Crippen LogP contribution in [0.1, 0.15) is 181 Å². The maximum atomic E-state index is 12.7. The summed E-state index contributed by atoms with van der Waals surface area (Å²) in [6, 6.07) is -0.629. The smallest absolute Gasteiger partial charge is 0.362 e. The topological polar surface area (TPSA) is 99.1 Å². The van der Waals surface area contributed by atoms with E-state index < -0.39 is 18.1 Å². The van der Waals surface area contributed by atoms with Crippen LogP contribution in [0.4, 0.5) is 0 Å². The second-order valence-corrected chi connectivity index (χ2v) is 16.3. The predicted octanol–water partition coefficient (Wildman–Crippen LogP) is 12.6. The Morgan fingerprint density at radius 2 is 1.00 bits per heavy atom. The number of ether oxygens (including phenoxy) is 3. The second kappa shape index (κ2) is 39.8. The molecule has 0 amide bonds. The fourth-order valence-electron chi connectivity index (χ4n) is 6.33. The molecule has 0 heterocycles. The Morgan fingerprint density at radius 1 is 0.544 bits per heavy atom. The molecule has 2 unspecified atom stereocenters. The van der Waals surface area contributed by atoms with Crippen molar-refractivity contribution >= 4 is 17.9 Å². The molecule has 57 heavy (non-hydrogen) atoms. The van der Waals surface area contributed by atoms with E-state index in [4.69, 9.17) is 14.2 Å². The number of aliphatic carboxylic acids is 1. The molecule has 1 N–H and O–H groups in total. The fraction of sp³-hybridized carbons (Fsp3) is 0.735. The van der Waals surface area contributed by atoms with E-state index >= 15 is 0 Å². The number of carbonyl (C=O) groups is 3. The first-order valence-electron chi connectivity index (χ1n) is 22.8. The lowest BCUT2D eigenvalue weighted by atomic mass is 10.1. The average Bonchev–Trinajstić information content (AvgIpc) is 3.17. The predicted molar refractivity (Wildman–Crippen MR) is 238 cm³/mol. The molecule has 0 aromatic rings. The lowest BCUT2D eigenvalue weighted by Crippen LogP contribution is -2.50. The highest BCUT2D eigenvalue weighted by Gasteiger charge is 2.31. The van der Waals surface area contributed by atoms with E-state index in [9.17, 15) is 19.5 Å². The molecule has 0 rings (SSSR count). The van der Waals surface area contributed by atoms with Crippen molar-refractivity contribution in [2.75, 3.05) is 41.0 Å².